The highest BCUT2D eigenvalue weighted by Crippen LogP contribution is 2.31. The minimum atomic E-state index is -0.663. The Kier molecular flexibility index (Phi) is 4.10. The number of thioether (sulfide) groups is 1. The highest BCUT2D eigenvalue weighted by atomic mass is 32.2. The second kappa shape index (κ2) is 5.13. The number of hydrogen-bond acceptors (Lipinski definition) is 3. The SMILES string of the molecule is N#CCSC1CCC(C(=O)O)CC1. The van der Waals surface area contributed by atoms with Crippen LogP contribution in [0.3, 0.4) is 0 Å². The molecule has 0 bridgehead atoms. The van der Waals surface area contributed by atoms with Crippen LogP contribution in [-0.2, 0) is 4.79 Å². The van der Waals surface area contributed by atoms with Crippen molar-refractivity contribution in [2.45, 2.75) is 30.9 Å². The molecule has 0 unspecified atom stereocenters. The Hall–Kier alpha value is -0.690. The predicted octanol–water partition coefficient (Wildman–Crippen LogP) is 1.89. The Labute approximate surface area is 82.1 Å². The van der Waals surface area contributed by atoms with Crippen LogP contribution in [0.25, 0.3) is 0 Å². The van der Waals surface area contributed by atoms with Gasteiger partial charge in [0.15, 0.2) is 0 Å². The summed E-state index contributed by atoms with van der Waals surface area (Å²) >= 11 is 1.66. The fourth-order valence-corrected chi connectivity index (χ4v) is 2.55. The number of hydrogen-bond donors (Lipinski definition) is 1. The normalized spacial score (nSPS) is 27.9. The van der Waals surface area contributed by atoms with Gasteiger partial charge in [-0.2, -0.15) is 5.26 Å². The summed E-state index contributed by atoms with van der Waals surface area (Å²) < 4.78 is 0. The molecule has 0 aromatic carbocycles. The third-order valence-corrected chi connectivity index (χ3v) is 3.65. The molecule has 0 aromatic rings. The van der Waals surface area contributed by atoms with Crippen LogP contribution in [0.15, 0.2) is 0 Å². The predicted molar refractivity (Wildman–Crippen MR) is 51.5 cm³/mol. The molecule has 1 aliphatic carbocycles. The molecular formula is C9H13NO2S. The zero-order valence-electron chi connectivity index (χ0n) is 7.40. The van der Waals surface area contributed by atoms with E-state index in [9.17, 15) is 4.79 Å². The number of nitriles is 1. The lowest BCUT2D eigenvalue weighted by atomic mass is 9.89. The molecule has 3 nitrogen and oxygen atoms in total. The van der Waals surface area contributed by atoms with E-state index < -0.39 is 5.97 Å². The van der Waals surface area contributed by atoms with Crippen molar-refractivity contribution < 1.29 is 9.90 Å². The maximum absolute atomic E-state index is 10.6. The van der Waals surface area contributed by atoms with E-state index in [2.05, 4.69) is 6.07 Å². The highest BCUT2D eigenvalue weighted by molar-refractivity contribution is 8.00. The average molecular weight is 199 g/mol. The quantitative estimate of drug-likeness (QED) is 0.754. The standard InChI is InChI=1S/C9H13NO2S/c10-5-6-13-8-3-1-7(2-4-8)9(11)12/h7-8H,1-4,6H2,(H,11,12). The van der Waals surface area contributed by atoms with Gasteiger partial charge >= 0.3 is 5.97 Å². The van der Waals surface area contributed by atoms with Crippen molar-refractivity contribution in [3.8, 4) is 6.07 Å². The van der Waals surface area contributed by atoms with E-state index >= 15 is 0 Å². The first-order valence-corrected chi connectivity index (χ1v) is 5.50. The van der Waals surface area contributed by atoms with Crippen molar-refractivity contribution in [1.29, 1.82) is 5.26 Å². The summed E-state index contributed by atoms with van der Waals surface area (Å²) in [5.74, 6) is -0.273. The van der Waals surface area contributed by atoms with E-state index in [1.54, 1.807) is 11.8 Å². The van der Waals surface area contributed by atoms with Gasteiger partial charge in [-0.1, -0.05) is 0 Å². The minimum absolute atomic E-state index is 0.140. The van der Waals surface area contributed by atoms with E-state index in [0.717, 1.165) is 25.7 Å². The number of rotatable bonds is 3. The van der Waals surface area contributed by atoms with Gasteiger partial charge < -0.3 is 5.11 Å². The Morgan fingerprint density at radius 2 is 2.08 bits per heavy atom. The van der Waals surface area contributed by atoms with Crippen LogP contribution in [0.1, 0.15) is 25.7 Å². The maximum Gasteiger partial charge on any atom is 0.306 e. The van der Waals surface area contributed by atoms with Gasteiger partial charge in [-0.15, -0.1) is 11.8 Å². The molecule has 0 atom stereocenters. The van der Waals surface area contributed by atoms with E-state index in [4.69, 9.17) is 10.4 Å². The molecule has 1 aliphatic rings. The topological polar surface area (TPSA) is 61.1 Å². The van der Waals surface area contributed by atoms with Gasteiger partial charge in [-0.25, -0.2) is 0 Å². The third-order valence-electron chi connectivity index (χ3n) is 2.41. The van der Waals surface area contributed by atoms with Crippen molar-refractivity contribution in [2.75, 3.05) is 5.75 Å². The molecule has 0 saturated heterocycles. The molecule has 4 heteroatoms. The first-order chi connectivity index (χ1) is 6.24. The lowest BCUT2D eigenvalue weighted by Crippen LogP contribution is -2.22. The largest absolute Gasteiger partial charge is 0.481 e. The summed E-state index contributed by atoms with van der Waals surface area (Å²) in [6.07, 6.45) is 3.45. The molecule has 1 N–H and O–H groups in total. The van der Waals surface area contributed by atoms with Gasteiger partial charge in [0.2, 0.25) is 0 Å². The van der Waals surface area contributed by atoms with E-state index in [1.807, 2.05) is 0 Å². The molecule has 13 heavy (non-hydrogen) atoms. The summed E-state index contributed by atoms with van der Waals surface area (Å²) in [6, 6.07) is 2.10. The smallest absolute Gasteiger partial charge is 0.306 e. The van der Waals surface area contributed by atoms with Crippen LogP contribution in [0.5, 0.6) is 0 Å². The van der Waals surface area contributed by atoms with Crippen LogP contribution in [0.4, 0.5) is 0 Å². The van der Waals surface area contributed by atoms with Crippen LogP contribution in [-0.4, -0.2) is 22.1 Å². The van der Waals surface area contributed by atoms with Gasteiger partial charge in [0, 0.05) is 5.25 Å². The van der Waals surface area contributed by atoms with Crippen molar-refractivity contribution in [3.63, 3.8) is 0 Å². The summed E-state index contributed by atoms with van der Waals surface area (Å²) in [7, 11) is 0. The Balaban J connectivity index is 2.23. The fraction of sp³-hybridized carbons (Fsp3) is 0.778. The molecule has 1 fully saturated rings. The molecule has 1 rings (SSSR count). The van der Waals surface area contributed by atoms with Crippen LogP contribution >= 0.6 is 11.8 Å². The molecule has 0 aromatic heterocycles. The van der Waals surface area contributed by atoms with Gasteiger partial charge in [0.05, 0.1) is 17.7 Å². The first-order valence-electron chi connectivity index (χ1n) is 4.45. The summed E-state index contributed by atoms with van der Waals surface area (Å²) in [4.78, 5) is 10.6. The molecule has 0 aliphatic heterocycles. The third kappa shape index (κ3) is 3.27. The summed E-state index contributed by atoms with van der Waals surface area (Å²) in [6.45, 7) is 0. The highest BCUT2D eigenvalue weighted by Gasteiger charge is 2.25. The molecule has 0 amide bonds. The van der Waals surface area contributed by atoms with E-state index in [0.29, 0.717) is 11.0 Å². The fourth-order valence-electron chi connectivity index (χ4n) is 1.63. The molecule has 72 valence electrons. The molecule has 1 saturated carbocycles. The molecule has 0 spiro atoms. The summed E-state index contributed by atoms with van der Waals surface area (Å²) in [5, 5.41) is 17.6. The van der Waals surface area contributed by atoms with E-state index in [-0.39, 0.29) is 5.92 Å². The second-order valence-corrected chi connectivity index (χ2v) is 4.57. The van der Waals surface area contributed by atoms with E-state index in [1.165, 1.54) is 0 Å². The first kappa shape index (κ1) is 10.4. The number of carbonyl (C=O) groups is 1. The van der Waals surface area contributed by atoms with Gasteiger partial charge in [0.25, 0.3) is 0 Å². The van der Waals surface area contributed by atoms with Gasteiger partial charge in [-0.3, -0.25) is 4.79 Å². The van der Waals surface area contributed by atoms with Crippen molar-refractivity contribution in [3.05, 3.63) is 0 Å². The minimum Gasteiger partial charge on any atom is -0.481 e. The number of carboxylic acids is 1. The Bertz CT molecular complexity index is 216. The zero-order valence-corrected chi connectivity index (χ0v) is 8.22. The second-order valence-electron chi connectivity index (χ2n) is 3.28. The average Bonchev–Trinajstić information content (AvgIpc) is 2.15. The monoisotopic (exact) mass is 199 g/mol. The number of nitrogens with zero attached hydrogens (tertiary/aromatic N) is 1. The lowest BCUT2D eigenvalue weighted by molar-refractivity contribution is -0.142. The van der Waals surface area contributed by atoms with Crippen LogP contribution in [0.2, 0.25) is 0 Å². The van der Waals surface area contributed by atoms with Crippen molar-refractivity contribution in [2.24, 2.45) is 5.92 Å². The number of aliphatic carboxylic acids is 1. The number of carboxylic acid groups (broad SMARTS) is 1. The van der Waals surface area contributed by atoms with Crippen molar-refractivity contribution in [1.82, 2.24) is 0 Å². The Morgan fingerprint density at radius 3 is 2.54 bits per heavy atom. The molecule has 0 radical (unpaired) electrons. The summed E-state index contributed by atoms with van der Waals surface area (Å²) in [5.41, 5.74) is 0. The zero-order chi connectivity index (χ0) is 9.68. The molecular weight excluding hydrogens is 186 g/mol. The van der Waals surface area contributed by atoms with Crippen LogP contribution in [0, 0.1) is 17.2 Å². The maximum atomic E-state index is 10.6. The molecule has 0 heterocycles. The Morgan fingerprint density at radius 1 is 1.46 bits per heavy atom. The van der Waals surface area contributed by atoms with Gasteiger partial charge in [-0.05, 0) is 25.7 Å². The lowest BCUT2D eigenvalue weighted by Gasteiger charge is -2.24. The van der Waals surface area contributed by atoms with Gasteiger partial charge in [0.1, 0.15) is 0 Å². The van der Waals surface area contributed by atoms with Crippen molar-refractivity contribution >= 4 is 17.7 Å². The van der Waals surface area contributed by atoms with Crippen LogP contribution < -0.4 is 0 Å².